The van der Waals surface area contributed by atoms with Crippen molar-refractivity contribution in [3.05, 3.63) is 60.3 Å². The van der Waals surface area contributed by atoms with Gasteiger partial charge in [0.1, 0.15) is 5.75 Å². The Labute approximate surface area is 157 Å². The largest absolute Gasteiger partial charge is 0.485 e. The lowest BCUT2D eigenvalue weighted by Crippen LogP contribution is -2.11. The smallest absolute Gasteiger partial charge is 0.202 e. The number of aryl methyl sites for hydroxylation is 1. The number of carbonyl (C=O) groups excluding carboxylic acids is 1. The van der Waals surface area contributed by atoms with Crippen molar-refractivity contribution in [2.24, 2.45) is 0 Å². The van der Waals surface area contributed by atoms with E-state index in [4.69, 9.17) is 10.00 Å². The highest BCUT2D eigenvalue weighted by Gasteiger charge is 2.15. The molecular formula is C20H18N2O4S. The molecule has 0 aliphatic heterocycles. The maximum absolute atomic E-state index is 12.6. The van der Waals surface area contributed by atoms with Crippen molar-refractivity contribution in [1.82, 2.24) is 4.57 Å². The summed E-state index contributed by atoms with van der Waals surface area (Å²) in [6.07, 6.45) is 3.24. The molecule has 138 valence electrons. The van der Waals surface area contributed by atoms with Crippen LogP contribution in [0, 0.1) is 11.3 Å². The first kappa shape index (κ1) is 18.7. The van der Waals surface area contributed by atoms with Crippen LogP contribution in [0.1, 0.15) is 16.8 Å². The van der Waals surface area contributed by atoms with Gasteiger partial charge in [-0.1, -0.05) is 18.2 Å². The number of ketones is 1. The van der Waals surface area contributed by atoms with Gasteiger partial charge in [0.2, 0.25) is 5.78 Å². The van der Waals surface area contributed by atoms with Gasteiger partial charge in [0.05, 0.1) is 17.4 Å². The molecule has 0 spiro atoms. The lowest BCUT2D eigenvalue weighted by atomic mass is 10.1. The van der Waals surface area contributed by atoms with Crippen molar-refractivity contribution >= 4 is 26.5 Å². The fourth-order valence-corrected chi connectivity index (χ4v) is 3.46. The van der Waals surface area contributed by atoms with E-state index >= 15 is 0 Å². The minimum Gasteiger partial charge on any atom is -0.485 e. The molecule has 27 heavy (non-hydrogen) atoms. The highest BCUT2D eigenvalue weighted by Crippen LogP contribution is 2.23. The molecule has 0 amide bonds. The van der Waals surface area contributed by atoms with Crippen LogP contribution in [-0.4, -0.2) is 31.6 Å². The summed E-state index contributed by atoms with van der Waals surface area (Å²) in [5, 5.41) is 9.62. The molecule has 0 radical (unpaired) electrons. The van der Waals surface area contributed by atoms with Crippen molar-refractivity contribution in [1.29, 1.82) is 5.26 Å². The minimum absolute atomic E-state index is 0.162. The molecule has 0 atom stereocenters. The number of nitriles is 1. The van der Waals surface area contributed by atoms with Crippen LogP contribution in [0.5, 0.6) is 5.75 Å². The van der Waals surface area contributed by atoms with E-state index in [0.29, 0.717) is 24.3 Å². The average molecular weight is 382 g/mol. The van der Waals surface area contributed by atoms with E-state index in [-0.39, 0.29) is 17.3 Å². The Morgan fingerprint density at radius 2 is 1.85 bits per heavy atom. The van der Waals surface area contributed by atoms with Gasteiger partial charge in [-0.3, -0.25) is 4.79 Å². The molecule has 0 bridgehead atoms. The van der Waals surface area contributed by atoms with Gasteiger partial charge >= 0.3 is 0 Å². The molecule has 1 heterocycles. The third-order valence-corrected chi connectivity index (χ3v) is 5.30. The highest BCUT2D eigenvalue weighted by atomic mass is 32.2. The van der Waals surface area contributed by atoms with E-state index in [0.717, 1.165) is 17.2 Å². The Hall–Kier alpha value is -3.11. The van der Waals surface area contributed by atoms with Crippen LogP contribution in [0.15, 0.2) is 59.6 Å². The Morgan fingerprint density at radius 3 is 2.52 bits per heavy atom. The van der Waals surface area contributed by atoms with Gasteiger partial charge in [-0.25, -0.2) is 8.42 Å². The molecule has 0 unspecified atom stereocenters. The average Bonchev–Trinajstić information content (AvgIpc) is 3.03. The number of nitrogens with zero attached hydrogens (tertiary/aromatic N) is 2. The standard InChI is InChI=1S/C20H18N2O4S/c1-27(24,25)16-9-7-15(8-10-16)26-14-20(23)18-13-22(12-4-11-21)19-6-3-2-5-17(18)19/h2-3,5-10,13H,4,12,14H2,1H3. The van der Waals surface area contributed by atoms with E-state index < -0.39 is 9.84 Å². The fourth-order valence-electron chi connectivity index (χ4n) is 2.83. The van der Waals surface area contributed by atoms with Gasteiger partial charge in [-0.2, -0.15) is 5.26 Å². The quantitative estimate of drug-likeness (QED) is 0.585. The second-order valence-corrected chi connectivity index (χ2v) is 8.13. The summed E-state index contributed by atoms with van der Waals surface area (Å²) in [6, 6.07) is 15.6. The number of carbonyl (C=O) groups is 1. The van der Waals surface area contributed by atoms with Crippen LogP contribution in [0.3, 0.4) is 0 Å². The summed E-state index contributed by atoms with van der Waals surface area (Å²) in [4.78, 5) is 12.8. The Morgan fingerprint density at radius 1 is 1.15 bits per heavy atom. The lowest BCUT2D eigenvalue weighted by Gasteiger charge is -2.06. The monoisotopic (exact) mass is 382 g/mol. The Kier molecular flexibility index (Phi) is 5.28. The molecule has 0 fully saturated rings. The second-order valence-electron chi connectivity index (χ2n) is 6.12. The van der Waals surface area contributed by atoms with Gasteiger partial charge < -0.3 is 9.30 Å². The normalized spacial score (nSPS) is 11.3. The SMILES string of the molecule is CS(=O)(=O)c1ccc(OCC(=O)c2cn(CCC#N)c3ccccc23)cc1. The maximum atomic E-state index is 12.6. The van der Waals surface area contributed by atoms with E-state index in [1.807, 2.05) is 28.8 Å². The fraction of sp³-hybridized carbons (Fsp3) is 0.200. The number of fused-ring (bicyclic) bond motifs is 1. The molecule has 3 rings (SSSR count). The van der Waals surface area contributed by atoms with Crippen LogP contribution in [0.25, 0.3) is 10.9 Å². The first-order valence-corrected chi connectivity index (χ1v) is 10.2. The second kappa shape index (κ2) is 7.64. The number of para-hydroxylation sites is 1. The number of hydrogen-bond acceptors (Lipinski definition) is 5. The minimum atomic E-state index is -3.27. The molecule has 0 saturated carbocycles. The number of aromatic nitrogens is 1. The van der Waals surface area contributed by atoms with Crippen LogP contribution >= 0.6 is 0 Å². The van der Waals surface area contributed by atoms with Crippen LogP contribution in [0.4, 0.5) is 0 Å². The van der Waals surface area contributed by atoms with E-state index in [1.165, 1.54) is 24.3 Å². The number of ether oxygens (including phenoxy) is 1. The summed E-state index contributed by atoms with van der Waals surface area (Å²) >= 11 is 0. The molecule has 0 saturated heterocycles. The molecular weight excluding hydrogens is 364 g/mol. The van der Waals surface area contributed by atoms with Crippen molar-refractivity contribution in [3.8, 4) is 11.8 Å². The van der Waals surface area contributed by atoms with Gasteiger partial charge in [-0.05, 0) is 30.3 Å². The first-order chi connectivity index (χ1) is 12.9. The van der Waals surface area contributed by atoms with Crippen molar-refractivity contribution in [3.63, 3.8) is 0 Å². The van der Waals surface area contributed by atoms with Gasteiger partial charge in [0.25, 0.3) is 0 Å². The lowest BCUT2D eigenvalue weighted by molar-refractivity contribution is 0.0923. The topological polar surface area (TPSA) is 89.2 Å². The van der Waals surface area contributed by atoms with E-state index in [9.17, 15) is 13.2 Å². The summed E-state index contributed by atoms with van der Waals surface area (Å²) in [6.45, 7) is 0.350. The summed E-state index contributed by atoms with van der Waals surface area (Å²) in [5.74, 6) is 0.234. The zero-order valence-electron chi connectivity index (χ0n) is 14.8. The van der Waals surface area contributed by atoms with Gasteiger partial charge in [-0.15, -0.1) is 0 Å². The Bertz CT molecular complexity index is 1120. The Balaban J connectivity index is 1.77. The summed E-state index contributed by atoms with van der Waals surface area (Å²) < 4.78 is 30.4. The molecule has 0 aliphatic rings. The van der Waals surface area contributed by atoms with Crippen LogP contribution < -0.4 is 4.74 Å². The molecule has 6 nitrogen and oxygen atoms in total. The summed E-state index contributed by atoms with van der Waals surface area (Å²) in [7, 11) is -3.27. The molecule has 0 N–H and O–H groups in total. The number of hydrogen-bond donors (Lipinski definition) is 0. The predicted octanol–water partition coefficient (Wildman–Crippen LogP) is 3.22. The number of benzene rings is 2. The van der Waals surface area contributed by atoms with Crippen molar-refractivity contribution in [2.45, 2.75) is 17.9 Å². The van der Waals surface area contributed by atoms with Gasteiger partial charge in [0, 0.05) is 35.5 Å². The third kappa shape index (κ3) is 4.18. The van der Waals surface area contributed by atoms with Crippen molar-refractivity contribution in [2.75, 3.05) is 12.9 Å². The van der Waals surface area contributed by atoms with Gasteiger partial charge in [0.15, 0.2) is 16.4 Å². The number of sulfone groups is 1. The van der Waals surface area contributed by atoms with Crippen LogP contribution in [-0.2, 0) is 16.4 Å². The molecule has 7 heteroatoms. The number of Topliss-reactive ketones (excluding diaryl/α,β-unsaturated/α-hetero) is 1. The third-order valence-electron chi connectivity index (χ3n) is 4.18. The molecule has 1 aromatic heterocycles. The molecule has 3 aromatic rings. The van der Waals surface area contributed by atoms with E-state index in [1.54, 1.807) is 6.20 Å². The van der Waals surface area contributed by atoms with Crippen molar-refractivity contribution < 1.29 is 17.9 Å². The zero-order valence-corrected chi connectivity index (χ0v) is 15.6. The molecule has 0 aliphatic carbocycles. The number of rotatable bonds is 7. The zero-order chi connectivity index (χ0) is 19.4. The molecule has 2 aromatic carbocycles. The predicted molar refractivity (Wildman–Crippen MR) is 102 cm³/mol. The van der Waals surface area contributed by atoms with Crippen LogP contribution in [0.2, 0.25) is 0 Å². The summed E-state index contributed by atoms with van der Waals surface area (Å²) in [5.41, 5.74) is 1.44. The first-order valence-electron chi connectivity index (χ1n) is 8.31. The van der Waals surface area contributed by atoms with E-state index in [2.05, 4.69) is 6.07 Å². The maximum Gasteiger partial charge on any atom is 0.202 e. The highest BCUT2D eigenvalue weighted by molar-refractivity contribution is 7.90.